The van der Waals surface area contributed by atoms with Crippen LogP contribution in [0.4, 0.5) is 0 Å². The van der Waals surface area contributed by atoms with Gasteiger partial charge in [-0.3, -0.25) is 0 Å². The van der Waals surface area contributed by atoms with Gasteiger partial charge in [-0.1, -0.05) is 105 Å². The van der Waals surface area contributed by atoms with Crippen molar-refractivity contribution in [1.82, 2.24) is 9.80 Å². The van der Waals surface area contributed by atoms with Crippen LogP contribution in [0.3, 0.4) is 0 Å². The molecule has 0 saturated heterocycles. The van der Waals surface area contributed by atoms with E-state index in [0.29, 0.717) is 21.7 Å². The predicted molar refractivity (Wildman–Crippen MR) is 136 cm³/mol. The van der Waals surface area contributed by atoms with Gasteiger partial charge in [0.2, 0.25) is 0 Å². The summed E-state index contributed by atoms with van der Waals surface area (Å²) in [6, 6.07) is 0. The number of hydrogen-bond acceptors (Lipinski definition) is 2. The summed E-state index contributed by atoms with van der Waals surface area (Å²) in [5.41, 5.74) is 8.00. The highest BCUT2D eigenvalue weighted by atomic mass is 15.1. The smallest absolute Gasteiger partial charge is 0.0198 e. The van der Waals surface area contributed by atoms with Crippen LogP contribution < -0.4 is 0 Å². The van der Waals surface area contributed by atoms with Crippen molar-refractivity contribution in [2.24, 2.45) is 21.7 Å². The van der Waals surface area contributed by atoms with Crippen molar-refractivity contribution in [2.45, 2.75) is 95.9 Å². The maximum atomic E-state index is 2.44. The van der Waals surface area contributed by atoms with E-state index in [9.17, 15) is 0 Å². The van der Waals surface area contributed by atoms with E-state index in [1.807, 2.05) is 0 Å². The number of rotatable bonds is 0. The van der Waals surface area contributed by atoms with Gasteiger partial charge in [0.25, 0.3) is 0 Å². The van der Waals surface area contributed by atoms with Gasteiger partial charge in [-0.15, -0.1) is 0 Å². The van der Waals surface area contributed by atoms with E-state index in [0.717, 1.165) is 13.1 Å². The molecule has 0 spiro atoms. The SMILES string of the molecule is CN1CCC(C(C)(C)C)=C(C(C)(C)C)C1.CN1CCC(C(C)(C)C)=C(C(C)(C)C)C1. The second-order valence-corrected chi connectivity index (χ2v) is 13.9. The topological polar surface area (TPSA) is 6.48 Å². The number of hydrogen-bond donors (Lipinski definition) is 0. The first kappa shape index (κ1) is 27.4. The first-order chi connectivity index (χ1) is 13.2. The molecule has 0 unspecified atom stereocenters. The summed E-state index contributed by atoms with van der Waals surface area (Å²) in [5.74, 6) is 0. The van der Waals surface area contributed by atoms with Crippen LogP contribution in [0.25, 0.3) is 0 Å². The van der Waals surface area contributed by atoms with Gasteiger partial charge in [-0.25, -0.2) is 0 Å². The van der Waals surface area contributed by atoms with Crippen molar-refractivity contribution in [3.05, 3.63) is 22.3 Å². The van der Waals surface area contributed by atoms with Crippen LogP contribution in [0.1, 0.15) is 95.9 Å². The molecule has 0 bridgehead atoms. The van der Waals surface area contributed by atoms with Crippen molar-refractivity contribution < 1.29 is 0 Å². The van der Waals surface area contributed by atoms with Crippen molar-refractivity contribution in [3.63, 3.8) is 0 Å². The first-order valence-electron chi connectivity index (χ1n) is 12.1. The van der Waals surface area contributed by atoms with E-state index in [2.05, 4.69) is 107 Å². The minimum atomic E-state index is 0.317. The summed E-state index contributed by atoms with van der Waals surface area (Å²) in [7, 11) is 4.45. The lowest BCUT2D eigenvalue weighted by molar-refractivity contribution is 0.284. The molecule has 2 aliphatic heterocycles. The normalized spacial score (nSPS) is 21.0. The fourth-order valence-corrected chi connectivity index (χ4v) is 4.83. The zero-order valence-electron chi connectivity index (χ0n) is 23.1. The quantitative estimate of drug-likeness (QED) is 0.378. The summed E-state index contributed by atoms with van der Waals surface area (Å²) in [6.45, 7) is 32.8. The molecule has 0 aromatic rings. The zero-order valence-corrected chi connectivity index (χ0v) is 23.1. The number of likely N-dealkylation sites (N-methyl/N-ethyl adjacent to an activating group) is 2. The molecule has 2 rings (SSSR count). The van der Waals surface area contributed by atoms with E-state index < -0.39 is 0 Å². The Morgan fingerprint density at radius 3 is 0.867 bits per heavy atom. The Kier molecular flexibility index (Phi) is 8.68. The van der Waals surface area contributed by atoms with Crippen molar-refractivity contribution in [1.29, 1.82) is 0 Å². The molecule has 2 nitrogen and oxygen atoms in total. The molecule has 0 aliphatic carbocycles. The highest BCUT2D eigenvalue weighted by molar-refractivity contribution is 5.29. The lowest BCUT2D eigenvalue weighted by atomic mass is 9.72. The van der Waals surface area contributed by atoms with Gasteiger partial charge < -0.3 is 9.80 Å². The molecule has 0 aromatic heterocycles. The molecule has 0 fully saturated rings. The maximum Gasteiger partial charge on any atom is 0.0198 e. The molecule has 2 heteroatoms. The Morgan fingerprint density at radius 1 is 0.433 bits per heavy atom. The first-order valence-corrected chi connectivity index (χ1v) is 12.1. The van der Waals surface area contributed by atoms with Crippen LogP contribution in [-0.2, 0) is 0 Å². The van der Waals surface area contributed by atoms with Gasteiger partial charge in [-0.2, -0.15) is 0 Å². The minimum Gasteiger partial charge on any atom is -0.302 e. The van der Waals surface area contributed by atoms with Gasteiger partial charge in [0.1, 0.15) is 0 Å². The molecular weight excluding hydrogens is 364 g/mol. The average molecular weight is 419 g/mol. The molecule has 2 aliphatic rings. The molecule has 2 heterocycles. The Labute approximate surface area is 190 Å². The predicted octanol–water partition coefficient (Wildman–Crippen LogP) is 7.42. The van der Waals surface area contributed by atoms with Crippen LogP contribution in [-0.4, -0.2) is 50.1 Å². The van der Waals surface area contributed by atoms with E-state index in [1.54, 1.807) is 22.3 Å². The van der Waals surface area contributed by atoms with Crippen molar-refractivity contribution >= 4 is 0 Å². The highest BCUT2D eigenvalue weighted by Gasteiger charge is 2.32. The fourth-order valence-electron chi connectivity index (χ4n) is 4.83. The lowest BCUT2D eigenvalue weighted by Crippen LogP contribution is -2.35. The summed E-state index contributed by atoms with van der Waals surface area (Å²) < 4.78 is 0. The Hall–Kier alpha value is -0.600. The zero-order chi connectivity index (χ0) is 23.7. The molecule has 176 valence electrons. The van der Waals surface area contributed by atoms with Crippen LogP contribution in [0.15, 0.2) is 22.3 Å². The average Bonchev–Trinajstić information content (AvgIpc) is 2.51. The van der Waals surface area contributed by atoms with Crippen LogP contribution >= 0.6 is 0 Å². The van der Waals surface area contributed by atoms with Gasteiger partial charge >= 0.3 is 0 Å². The molecule has 0 atom stereocenters. The van der Waals surface area contributed by atoms with Gasteiger partial charge in [0.05, 0.1) is 0 Å². The summed E-state index contributed by atoms with van der Waals surface area (Å²) in [6.07, 6.45) is 2.49. The molecule has 0 radical (unpaired) electrons. The molecule has 0 N–H and O–H groups in total. The third kappa shape index (κ3) is 7.83. The van der Waals surface area contributed by atoms with E-state index in [-0.39, 0.29) is 0 Å². The maximum absolute atomic E-state index is 2.44. The van der Waals surface area contributed by atoms with Crippen LogP contribution in [0.2, 0.25) is 0 Å². The Bertz CT molecular complexity index is 578. The van der Waals surface area contributed by atoms with Gasteiger partial charge in [0, 0.05) is 26.2 Å². The number of nitrogens with zero attached hydrogens (tertiary/aromatic N) is 2. The molecular formula is C28H54N2. The summed E-state index contributed by atoms with van der Waals surface area (Å²) in [5, 5.41) is 0. The molecule has 0 amide bonds. The highest BCUT2D eigenvalue weighted by Crippen LogP contribution is 2.41. The Balaban J connectivity index is 0.000000300. The summed E-state index contributed by atoms with van der Waals surface area (Å²) >= 11 is 0. The van der Waals surface area contributed by atoms with E-state index in [4.69, 9.17) is 0 Å². The molecule has 30 heavy (non-hydrogen) atoms. The fraction of sp³-hybridized carbons (Fsp3) is 0.857. The molecule has 0 aromatic carbocycles. The minimum absolute atomic E-state index is 0.317. The third-order valence-corrected chi connectivity index (χ3v) is 6.69. The summed E-state index contributed by atoms with van der Waals surface area (Å²) in [4.78, 5) is 4.88. The second kappa shape index (κ2) is 9.49. The lowest BCUT2D eigenvalue weighted by Gasteiger charge is -2.40. The standard InChI is InChI=1S/2C14H27N/c2*1-13(2,3)11-8-9-15(7)10-12(11)14(4,5)6/h2*8-10H2,1-7H3. The van der Waals surface area contributed by atoms with Gasteiger partial charge in [0.15, 0.2) is 0 Å². The van der Waals surface area contributed by atoms with E-state index in [1.165, 1.54) is 25.9 Å². The van der Waals surface area contributed by atoms with E-state index >= 15 is 0 Å². The van der Waals surface area contributed by atoms with Gasteiger partial charge in [-0.05, 0) is 48.6 Å². The third-order valence-electron chi connectivity index (χ3n) is 6.69. The van der Waals surface area contributed by atoms with Crippen LogP contribution in [0, 0.1) is 21.7 Å². The Morgan fingerprint density at radius 2 is 0.667 bits per heavy atom. The molecule has 0 saturated carbocycles. The second-order valence-electron chi connectivity index (χ2n) is 13.9. The van der Waals surface area contributed by atoms with Crippen molar-refractivity contribution in [3.8, 4) is 0 Å². The van der Waals surface area contributed by atoms with Crippen LogP contribution in [0.5, 0.6) is 0 Å². The monoisotopic (exact) mass is 418 g/mol. The van der Waals surface area contributed by atoms with Crippen molar-refractivity contribution in [2.75, 3.05) is 40.3 Å². The largest absolute Gasteiger partial charge is 0.302 e.